The number of amides is 1. The summed E-state index contributed by atoms with van der Waals surface area (Å²) in [6.45, 7) is 0. The number of carbonyl (C=O) groups is 1. The molecule has 2 aromatic rings. The Bertz CT molecular complexity index is 755. The van der Waals surface area contributed by atoms with Crippen molar-refractivity contribution in [1.82, 2.24) is 5.43 Å². The van der Waals surface area contributed by atoms with Crippen LogP contribution in [-0.2, 0) is 4.79 Å². The van der Waals surface area contributed by atoms with E-state index in [4.69, 9.17) is 0 Å². The van der Waals surface area contributed by atoms with Crippen molar-refractivity contribution in [1.29, 1.82) is 0 Å². The number of carbonyl (C=O) groups excluding carboxylic acids is 1. The van der Waals surface area contributed by atoms with Crippen LogP contribution in [0.25, 0.3) is 6.08 Å². The number of benzene rings is 2. The van der Waals surface area contributed by atoms with Gasteiger partial charge in [-0.05, 0) is 29.3 Å². The highest BCUT2D eigenvalue weighted by Gasteiger charge is 2.15. The van der Waals surface area contributed by atoms with E-state index in [9.17, 15) is 20.0 Å². The highest BCUT2D eigenvalue weighted by Crippen LogP contribution is 2.13. The summed E-state index contributed by atoms with van der Waals surface area (Å²) in [7, 11) is 0. The van der Waals surface area contributed by atoms with Gasteiger partial charge in [0.15, 0.2) is 6.10 Å². The zero-order chi connectivity index (χ0) is 17.4. The molecule has 0 aliphatic rings. The van der Waals surface area contributed by atoms with Gasteiger partial charge in [-0.25, -0.2) is 5.43 Å². The number of aliphatic hydroxyl groups is 1. The number of hydrogen-bond acceptors (Lipinski definition) is 5. The van der Waals surface area contributed by atoms with Crippen LogP contribution in [0.3, 0.4) is 0 Å². The van der Waals surface area contributed by atoms with Gasteiger partial charge in [-0.3, -0.25) is 14.9 Å². The molecule has 0 saturated carbocycles. The summed E-state index contributed by atoms with van der Waals surface area (Å²) in [5.74, 6) is -0.638. The molecule has 122 valence electrons. The first-order chi connectivity index (χ1) is 11.6. The zero-order valence-corrected chi connectivity index (χ0v) is 12.6. The predicted octanol–water partition coefficient (Wildman–Crippen LogP) is 2.44. The van der Waals surface area contributed by atoms with E-state index in [1.807, 2.05) is 0 Å². The maximum Gasteiger partial charge on any atom is 0.273 e. The Balaban J connectivity index is 1.85. The Morgan fingerprint density at radius 1 is 1.17 bits per heavy atom. The third-order valence-corrected chi connectivity index (χ3v) is 3.09. The molecule has 0 bridgehead atoms. The van der Waals surface area contributed by atoms with Crippen LogP contribution in [0.2, 0.25) is 0 Å². The minimum Gasteiger partial charge on any atom is -0.378 e. The van der Waals surface area contributed by atoms with E-state index in [1.165, 1.54) is 18.3 Å². The van der Waals surface area contributed by atoms with Crippen LogP contribution in [0.4, 0.5) is 5.69 Å². The largest absolute Gasteiger partial charge is 0.378 e. The maximum absolute atomic E-state index is 11.7. The highest BCUT2D eigenvalue weighted by atomic mass is 16.6. The molecule has 1 amide bonds. The molecule has 1 atom stereocenters. The van der Waals surface area contributed by atoms with Crippen molar-refractivity contribution in [2.75, 3.05) is 0 Å². The summed E-state index contributed by atoms with van der Waals surface area (Å²) < 4.78 is 0. The summed E-state index contributed by atoms with van der Waals surface area (Å²) in [5.41, 5.74) is 3.48. The number of hydrazone groups is 1. The first kappa shape index (κ1) is 17.0. The summed E-state index contributed by atoms with van der Waals surface area (Å²) in [6, 6.07) is 14.5. The fourth-order valence-corrected chi connectivity index (χ4v) is 1.85. The first-order valence-electron chi connectivity index (χ1n) is 7.05. The normalized spacial score (nSPS) is 12.4. The number of nitro benzene ring substituents is 1. The minimum absolute atomic E-state index is 0.0166. The van der Waals surface area contributed by atoms with Crippen molar-refractivity contribution >= 4 is 23.9 Å². The molecule has 0 saturated heterocycles. The Morgan fingerprint density at radius 2 is 1.83 bits per heavy atom. The van der Waals surface area contributed by atoms with E-state index in [-0.39, 0.29) is 5.69 Å². The molecule has 24 heavy (non-hydrogen) atoms. The molecule has 0 aromatic heterocycles. The lowest BCUT2D eigenvalue weighted by Crippen LogP contribution is -2.24. The van der Waals surface area contributed by atoms with Crippen molar-refractivity contribution in [3.8, 4) is 0 Å². The highest BCUT2D eigenvalue weighted by molar-refractivity contribution is 5.84. The van der Waals surface area contributed by atoms with Gasteiger partial charge in [0.05, 0.1) is 4.92 Å². The topological polar surface area (TPSA) is 105 Å². The van der Waals surface area contributed by atoms with Gasteiger partial charge in [0.2, 0.25) is 0 Å². The fourth-order valence-electron chi connectivity index (χ4n) is 1.85. The zero-order valence-electron chi connectivity index (χ0n) is 12.6. The van der Waals surface area contributed by atoms with Crippen LogP contribution < -0.4 is 5.43 Å². The molecule has 0 heterocycles. The number of non-ortho nitro benzene ring substituents is 1. The second kappa shape index (κ2) is 8.35. The van der Waals surface area contributed by atoms with E-state index in [1.54, 1.807) is 54.6 Å². The lowest BCUT2D eigenvalue weighted by Gasteiger charge is -2.08. The molecule has 0 aliphatic carbocycles. The van der Waals surface area contributed by atoms with Crippen LogP contribution in [0.1, 0.15) is 17.2 Å². The number of nitrogens with one attached hydrogen (secondary N) is 1. The summed E-state index contributed by atoms with van der Waals surface area (Å²) in [6.07, 6.45) is 3.29. The van der Waals surface area contributed by atoms with Crippen LogP contribution >= 0.6 is 0 Å². The van der Waals surface area contributed by atoms with Gasteiger partial charge in [0, 0.05) is 18.3 Å². The van der Waals surface area contributed by atoms with Gasteiger partial charge < -0.3 is 5.11 Å². The Morgan fingerprint density at radius 3 is 2.46 bits per heavy atom. The lowest BCUT2D eigenvalue weighted by atomic mass is 10.1. The fraction of sp³-hybridized carbons (Fsp3) is 0.0588. The first-order valence-corrected chi connectivity index (χ1v) is 7.05. The van der Waals surface area contributed by atoms with Gasteiger partial charge in [-0.1, -0.05) is 36.4 Å². The second-order valence-corrected chi connectivity index (χ2v) is 4.78. The van der Waals surface area contributed by atoms with Gasteiger partial charge in [0.1, 0.15) is 0 Å². The Labute approximate surface area is 138 Å². The summed E-state index contributed by atoms with van der Waals surface area (Å²) in [5, 5.41) is 24.1. The molecule has 0 fully saturated rings. The van der Waals surface area contributed by atoms with Gasteiger partial charge in [0.25, 0.3) is 11.6 Å². The van der Waals surface area contributed by atoms with Crippen molar-refractivity contribution in [3.63, 3.8) is 0 Å². The monoisotopic (exact) mass is 325 g/mol. The quantitative estimate of drug-likeness (QED) is 0.483. The smallest absolute Gasteiger partial charge is 0.273 e. The molecule has 2 aromatic carbocycles. The average molecular weight is 325 g/mol. The maximum atomic E-state index is 11.7. The molecule has 0 radical (unpaired) electrons. The SMILES string of the molecule is O=C(N/N=C\C=C\c1ccc([N+](=O)[O-])cc1)[C@@H](O)c1ccccc1. The van der Waals surface area contributed by atoms with Crippen molar-refractivity contribution in [3.05, 3.63) is 81.9 Å². The van der Waals surface area contributed by atoms with Crippen LogP contribution in [0.5, 0.6) is 0 Å². The van der Waals surface area contributed by atoms with Crippen molar-refractivity contribution in [2.45, 2.75) is 6.10 Å². The molecule has 2 N–H and O–H groups in total. The number of allylic oxidation sites excluding steroid dienone is 1. The van der Waals surface area contributed by atoms with Crippen LogP contribution in [0, 0.1) is 10.1 Å². The molecular weight excluding hydrogens is 310 g/mol. The second-order valence-electron chi connectivity index (χ2n) is 4.78. The number of aliphatic hydroxyl groups excluding tert-OH is 1. The number of hydrogen-bond donors (Lipinski definition) is 2. The van der Waals surface area contributed by atoms with E-state index in [0.29, 0.717) is 5.56 Å². The van der Waals surface area contributed by atoms with Gasteiger partial charge in [-0.15, -0.1) is 0 Å². The van der Waals surface area contributed by atoms with E-state index < -0.39 is 16.9 Å². The predicted molar refractivity (Wildman–Crippen MR) is 90.2 cm³/mol. The Kier molecular flexibility index (Phi) is 5.93. The standard InChI is InChI=1S/C17H15N3O4/c21-16(14-6-2-1-3-7-14)17(22)19-18-12-4-5-13-8-10-15(11-9-13)20(23)24/h1-12,16,21H,(H,19,22)/b5-4+,18-12-/t16-/m0/s1. The molecule has 0 spiro atoms. The van der Waals surface area contributed by atoms with Gasteiger partial charge >= 0.3 is 0 Å². The number of rotatable bonds is 6. The third-order valence-electron chi connectivity index (χ3n) is 3.09. The van der Waals surface area contributed by atoms with E-state index >= 15 is 0 Å². The van der Waals surface area contributed by atoms with Crippen LogP contribution in [-0.4, -0.2) is 22.2 Å². The van der Waals surface area contributed by atoms with E-state index in [2.05, 4.69) is 10.5 Å². The number of nitrogens with zero attached hydrogens (tertiary/aromatic N) is 2. The molecular formula is C17H15N3O4. The molecule has 7 heteroatoms. The third kappa shape index (κ3) is 4.85. The average Bonchev–Trinajstić information content (AvgIpc) is 2.61. The van der Waals surface area contributed by atoms with Crippen molar-refractivity contribution in [2.24, 2.45) is 5.10 Å². The molecule has 7 nitrogen and oxygen atoms in total. The molecule has 0 unspecified atom stereocenters. The van der Waals surface area contributed by atoms with Crippen LogP contribution in [0.15, 0.2) is 65.8 Å². The van der Waals surface area contributed by atoms with Gasteiger partial charge in [-0.2, -0.15) is 5.10 Å². The molecule has 0 aliphatic heterocycles. The lowest BCUT2D eigenvalue weighted by molar-refractivity contribution is -0.384. The van der Waals surface area contributed by atoms with Crippen molar-refractivity contribution < 1.29 is 14.8 Å². The summed E-state index contributed by atoms with van der Waals surface area (Å²) >= 11 is 0. The minimum atomic E-state index is -1.29. The summed E-state index contributed by atoms with van der Waals surface area (Å²) in [4.78, 5) is 21.8. The Hall–Kier alpha value is -3.32. The van der Waals surface area contributed by atoms with E-state index in [0.717, 1.165) is 5.56 Å². The molecule has 2 rings (SSSR count). The number of nitro groups is 1.